The fourth-order valence-electron chi connectivity index (χ4n) is 2.92. The first kappa shape index (κ1) is 14.3. The van der Waals surface area contributed by atoms with Crippen molar-refractivity contribution in [2.24, 2.45) is 0 Å². The first-order chi connectivity index (χ1) is 10.1. The van der Waals surface area contributed by atoms with Gasteiger partial charge in [0.15, 0.2) is 0 Å². The number of sulfonamides is 1. The van der Waals surface area contributed by atoms with E-state index in [4.69, 9.17) is 4.74 Å². The summed E-state index contributed by atoms with van der Waals surface area (Å²) in [6.07, 6.45) is 3.72. The van der Waals surface area contributed by atoms with E-state index in [-0.39, 0.29) is 5.75 Å². The van der Waals surface area contributed by atoms with Crippen LogP contribution in [0.3, 0.4) is 0 Å². The third-order valence-electron chi connectivity index (χ3n) is 3.91. The number of methoxy groups -OCH3 is 1. The summed E-state index contributed by atoms with van der Waals surface area (Å²) in [6, 6.07) is 5.78. The fraction of sp³-hybridized carbons (Fsp3) is 0.467. The average molecular weight is 308 g/mol. The van der Waals surface area contributed by atoms with Gasteiger partial charge in [0.25, 0.3) is 0 Å². The molecule has 0 atom stereocenters. The lowest BCUT2D eigenvalue weighted by Gasteiger charge is -2.19. The van der Waals surface area contributed by atoms with Crippen LogP contribution in [0.5, 0.6) is 5.75 Å². The lowest BCUT2D eigenvalue weighted by Crippen LogP contribution is -2.25. The van der Waals surface area contributed by atoms with Gasteiger partial charge in [-0.3, -0.25) is 4.31 Å². The highest BCUT2D eigenvalue weighted by Crippen LogP contribution is 2.36. The van der Waals surface area contributed by atoms with Crippen LogP contribution in [0.25, 0.3) is 10.9 Å². The summed E-state index contributed by atoms with van der Waals surface area (Å²) in [4.78, 5) is 0. The standard InChI is InChI=1S/C15H20N2O3S/c1-3-6-16-8-5-13-14(16)10-12(20-2)11-15(13)17-7-4-9-21(17,18)19/h5,8,10-11H,3-4,6-7,9H2,1-2H3. The van der Waals surface area contributed by atoms with E-state index in [9.17, 15) is 8.42 Å². The van der Waals surface area contributed by atoms with Gasteiger partial charge in [0.1, 0.15) is 5.75 Å². The predicted octanol–water partition coefficient (Wildman–Crippen LogP) is 2.60. The van der Waals surface area contributed by atoms with Crippen LogP contribution >= 0.6 is 0 Å². The van der Waals surface area contributed by atoms with Crippen LogP contribution in [0.15, 0.2) is 24.4 Å². The zero-order chi connectivity index (χ0) is 15.0. The monoisotopic (exact) mass is 308 g/mol. The highest BCUT2D eigenvalue weighted by Gasteiger charge is 2.30. The second kappa shape index (κ2) is 5.26. The number of anilines is 1. The van der Waals surface area contributed by atoms with Crippen LogP contribution in [0, 0.1) is 0 Å². The molecular formula is C15H20N2O3S. The predicted molar refractivity (Wildman–Crippen MR) is 84.5 cm³/mol. The normalized spacial score (nSPS) is 17.5. The highest BCUT2D eigenvalue weighted by atomic mass is 32.2. The molecule has 3 rings (SSSR count). The van der Waals surface area contributed by atoms with Crippen molar-refractivity contribution in [1.29, 1.82) is 0 Å². The van der Waals surface area contributed by atoms with E-state index in [0.717, 1.165) is 29.6 Å². The number of fused-ring (bicyclic) bond motifs is 1. The first-order valence-electron chi connectivity index (χ1n) is 7.24. The number of hydrogen-bond acceptors (Lipinski definition) is 3. The summed E-state index contributed by atoms with van der Waals surface area (Å²) in [5.74, 6) is 0.914. The Morgan fingerprint density at radius 1 is 1.33 bits per heavy atom. The molecule has 0 unspecified atom stereocenters. The molecule has 5 nitrogen and oxygen atoms in total. The number of rotatable bonds is 4. The van der Waals surface area contributed by atoms with Crippen molar-refractivity contribution in [1.82, 2.24) is 4.57 Å². The maximum Gasteiger partial charge on any atom is 0.235 e. The number of ether oxygens (including phenoxy) is 1. The lowest BCUT2D eigenvalue weighted by molar-refractivity contribution is 0.415. The van der Waals surface area contributed by atoms with E-state index in [1.165, 1.54) is 4.31 Å². The summed E-state index contributed by atoms with van der Waals surface area (Å²) >= 11 is 0. The van der Waals surface area contributed by atoms with E-state index < -0.39 is 10.0 Å². The molecular weight excluding hydrogens is 288 g/mol. The van der Waals surface area contributed by atoms with Crippen LogP contribution in [0.4, 0.5) is 5.69 Å². The van der Waals surface area contributed by atoms with Crippen molar-refractivity contribution in [2.45, 2.75) is 26.3 Å². The van der Waals surface area contributed by atoms with E-state index >= 15 is 0 Å². The van der Waals surface area contributed by atoms with Gasteiger partial charge in [-0.25, -0.2) is 8.42 Å². The van der Waals surface area contributed by atoms with Crippen LogP contribution in [0.1, 0.15) is 19.8 Å². The number of benzene rings is 1. The van der Waals surface area contributed by atoms with Gasteiger partial charge in [-0.05, 0) is 18.9 Å². The van der Waals surface area contributed by atoms with Crippen molar-refractivity contribution in [3.63, 3.8) is 0 Å². The molecule has 1 aromatic heterocycles. The molecule has 2 aromatic rings. The molecule has 1 aromatic carbocycles. The number of aryl methyl sites for hydroxylation is 1. The summed E-state index contributed by atoms with van der Waals surface area (Å²) in [5, 5.41) is 0.967. The summed E-state index contributed by atoms with van der Waals surface area (Å²) in [5.41, 5.74) is 1.75. The largest absolute Gasteiger partial charge is 0.497 e. The van der Waals surface area contributed by atoms with Crippen molar-refractivity contribution >= 4 is 26.6 Å². The average Bonchev–Trinajstić information content (AvgIpc) is 3.01. The molecule has 1 aliphatic heterocycles. The maximum absolute atomic E-state index is 12.2. The van der Waals surface area contributed by atoms with E-state index in [1.54, 1.807) is 7.11 Å². The molecule has 6 heteroatoms. The molecule has 0 amide bonds. The van der Waals surface area contributed by atoms with Gasteiger partial charge in [0.05, 0.1) is 24.1 Å². The van der Waals surface area contributed by atoms with Gasteiger partial charge >= 0.3 is 0 Å². The van der Waals surface area contributed by atoms with Crippen molar-refractivity contribution in [3.8, 4) is 5.75 Å². The molecule has 1 aliphatic rings. The van der Waals surface area contributed by atoms with E-state index in [2.05, 4.69) is 11.5 Å². The second-order valence-corrected chi connectivity index (χ2v) is 7.34. The summed E-state index contributed by atoms with van der Waals surface area (Å²) in [7, 11) is -1.58. The smallest absolute Gasteiger partial charge is 0.235 e. The fourth-order valence-corrected chi connectivity index (χ4v) is 4.49. The zero-order valence-corrected chi connectivity index (χ0v) is 13.2. The van der Waals surface area contributed by atoms with Crippen LogP contribution in [-0.2, 0) is 16.6 Å². The van der Waals surface area contributed by atoms with Crippen molar-refractivity contribution in [2.75, 3.05) is 23.7 Å². The molecule has 1 fully saturated rings. The Kier molecular flexibility index (Phi) is 3.57. The molecule has 0 spiro atoms. The summed E-state index contributed by atoms with van der Waals surface area (Å²) in [6.45, 7) is 3.57. The van der Waals surface area contributed by atoms with Gasteiger partial charge < -0.3 is 9.30 Å². The Hall–Kier alpha value is -1.69. The SMILES string of the molecule is CCCn1ccc2c(N3CCCS3(=O)=O)cc(OC)cc21. The Bertz CT molecular complexity index is 765. The third-order valence-corrected chi connectivity index (χ3v) is 5.76. The Morgan fingerprint density at radius 3 is 2.76 bits per heavy atom. The van der Waals surface area contributed by atoms with E-state index in [1.807, 2.05) is 24.4 Å². The minimum atomic E-state index is -3.19. The Balaban J connectivity index is 2.22. The highest BCUT2D eigenvalue weighted by molar-refractivity contribution is 7.93. The van der Waals surface area contributed by atoms with E-state index in [0.29, 0.717) is 18.7 Å². The molecule has 0 saturated carbocycles. The maximum atomic E-state index is 12.2. The molecule has 0 radical (unpaired) electrons. The van der Waals surface area contributed by atoms with Crippen LogP contribution in [-0.4, -0.2) is 32.4 Å². The summed E-state index contributed by atoms with van der Waals surface area (Å²) < 4.78 is 33.5. The molecule has 0 aliphatic carbocycles. The minimum absolute atomic E-state index is 0.224. The molecule has 114 valence electrons. The van der Waals surface area contributed by atoms with Gasteiger partial charge in [-0.2, -0.15) is 0 Å². The molecule has 0 N–H and O–H groups in total. The quantitative estimate of drug-likeness (QED) is 0.872. The second-order valence-electron chi connectivity index (χ2n) is 5.33. The molecule has 21 heavy (non-hydrogen) atoms. The molecule has 2 heterocycles. The van der Waals surface area contributed by atoms with Crippen LogP contribution in [0.2, 0.25) is 0 Å². The number of aromatic nitrogens is 1. The van der Waals surface area contributed by atoms with Gasteiger partial charge in [-0.15, -0.1) is 0 Å². The number of hydrogen-bond donors (Lipinski definition) is 0. The first-order valence-corrected chi connectivity index (χ1v) is 8.85. The number of nitrogens with zero attached hydrogens (tertiary/aromatic N) is 2. The van der Waals surface area contributed by atoms with Crippen molar-refractivity contribution in [3.05, 3.63) is 24.4 Å². The van der Waals surface area contributed by atoms with Crippen LogP contribution < -0.4 is 9.04 Å². The Labute approximate surface area is 125 Å². The topological polar surface area (TPSA) is 51.5 Å². The Morgan fingerprint density at radius 2 is 2.14 bits per heavy atom. The zero-order valence-electron chi connectivity index (χ0n) is 12.4. The van der Waals surface area contributed by atoms with Gasteiger partial charge in [0, 0.05) is 36.8 Å². The minimum Gasteiger partial charge on any atom is -0.497 e. The van der Waals surface area contributed by atoms with Crippen molar-refractivity contribution < 1.29 is 13.2 Å². The third kappa shape index (κ3) is 2.37. The lowest BCUT2D eigenvalue weighted by atomic mass is 10.2. The van der Waals surface area contributed by atoms with Gasteiger partial charge in [0.2, 0.25) is 10.0 Å². The van der Waals surface area contributed by atoms with Gasteiger partial charge in [-0.1, -0.05) is 6.92 Å². The molecule has 0 bridgehead atoms. The molecule has 1 saturated heterocycles.